The van der Waals surface area contributed by atoms with E-state index in [-0.39, 0.29) is 0 Å². The summed E-state index contributed by atoms with van der Waals surface area (Å²) in [5, 5.41) is 0.529. The van der Waals surface area contributed by atoms with Crippen molar-refractivity contribution in [1.82, 2.24) is 4.98 Å². The predicted octanol–water partition coefficient (Wildman–Crippen LogP) is 5.11. The highest BCUT2D eigenvalue weighted by Crippen LogP contribution is 2.35. The second-order valence-electron chi connectivity index (χ2n) is 4.74. The van der Waals surface area contributed by atoms with E-state index in [0.717, 1.165) is 32.3 Å². The molecule has 102 valence electrons. The standard InChI is InChI=1S/C15H12BrClN2O/c1-7-5-12-14(13(16)8(7)2)20-15(19-12)10-4-3-9(18)6-11(10)17/h3-6H,18H2,1-2H3. The van der Waals surface area contributed by atoms with Crippen molar-refractivity contribution in [2.45, 2.75) is 13.8 Å². The second-order valence-corrected chi connectivity index (χ2v) is 5.94. The van der Waals surface area contributed by atoms with Crippen LogP contribution in [0, 0.1) is 13.8 Å². The number of nitrogens with two attached hydrogens (primary N) is 1. The first-order valence-corrected chi connectivity index (χ1v) is 7.26. The molecule has 0 atom stereocenters. The number of fused-ring (bicyclic) bond motifs is 1. The molecule has 2 N–H and O–H groups in total. The van der Waals surface area contributed by atoms with Crippen LogP contribution in [0.15, 0.2) is 33.2 Å². The molecule has 0 spiro atoms. The lowest BCUT2D eigenvalue weighted by Gasteiger charge is -2.01. The Hall–Kier alpha value is -1.52. The fourth-order valence-electron chi connectivity index (χ4n) is 2.06. The molecule has 0 amide bonds. The Morgan fingerprint density at radius 2 is 2.00 bits per heavy atom. The van der Waals surface area contributed by atoms with E-state index in [0.29, 0.717) is 16.6 Å². The minimum Gasteiger partial charge on any atom is -0.435 e. The molecule has 1 aromatic heterocycles. The summed E-state index contributed by atoms with van der Waals surface area (Å²) in [6.07, 6.45) is 0. The molecule has 3 aromatic rings. The van der Waals surface area contributed by atoms with Gasteiger partial charge in [0.25, 0.3) is 0 Å². The number of nitrogen functional groups attached to an aromatic ring is 1. The van der Waals surface area contributed by atoms with Crippen LogP contribution in [0.2, 0.25) is 5.02 Å². The van der Waals surface area contributed by atoms with Gasteiger partial charge in [0.05, 0.1) is 15.1 Å². The molecule has 1 heterocycles. The van der Waals surface area contributed by atoms with Gasteiger partial charge in [0.1, 0.15) is 5.52 Å². The molecular weight excluding hydrogens is 340 g/mol. The predicted molar refractivity (Wildman–Crippen MR) is 86.0 cm³/mol. The van der Waals surface area contributed by atoms with Gasteiger partial charge in [-0.15, -0.1) is 0 Å². The van der Waals surface area contributed by atoms with Gasteiger partial charge in [-0.25, -0.2) is 4.98 Å². The summed E-state index contributed by atoms with van der Waals surface area (Å²) in [4.78, 5) is 4.51. The largest absolute Gasteiger partial charge is 0.435 e. The molecule has 0 radical (unpaired) electrons. The number of oxazole rings is 1. The first kappa shape index (κ1) is 13.5. The summed E-state index contributed by atoms with van der Waals surface area (Å²) in [6.45, 7) is 4.08. The van der Waals surface area contributed by atoms with E-state index in [1.807, 2.05) is 26.0 Å². The van der Waals surface area contributed by atoms with Crippen LogP contribution in [-0.4, -0.2) is 4.98 Å². The minimum atomic E-state index is 0.496. The molecule has 5 heteroatoms. The topological polar surface area (TPSA) is 52.0 Å². The van der Waals surface area contributed by atoms with Crippen LogP contribution in [0.5, 0.6) is 0 Å². The normalized spacial score (nSPS) is 11.2. The third-order valence-electron chi connectivity index (χ3n) is 3.35. The Balaban J connectivity index is 2.26. The highest BCUT2D eigenvalue weighted by molar-refractivity contribution is 9.10. The summed E-state index contributed by atoms with van der Waals surface area (Å²) in [5.74, 6) is 0.496. The minimum absolute atomic E-state index is 0.496. The first-order chi connectivity index (χ1) is 9.47. The number of aromatic nitrogens is 1. The third-order valence-corrected chi connectivity index (χ3v) is 4.62. The summed E-state index contributed by atoms with van der Waals surface area (Å²) < 4.78 is 6.79. The van der Waals surface area contributed by atoms with Gasteiger partial charge in [0.2, 0.25) is 5.89 Å². The number of hydrogen-bond donors (Lipinski definition) is 1. The van der Waals surface area contributed by atoms with E-state index in [4.69, 9.17) is 21.8 Å². The molecule has 0 unspecified atom stereocenters. The number of halogens is 2. The highest BCUT2D eigenvalue weighted by atomic mass is 79.9. The van der Waals surface area contributed by atoms with Crippen molar-refractivity contribution in [3.63, 3.8) is 0 Å². The van der Waals surface area contributed by atoms with E-state index in [9.17, 15) is 0 Å². The Kier molecular flexibility index (Phi) is 3.22. The van der Waals surface area contributed by atoms with Gasteiger partial charge in [0.15, 0.2) is 5.58 Å². The number of hydrogen-bond acceptors (Lipinski definition) is 3. The summed E-state index contributed by atoms with van der Waals surface area (Å²) in [7, 11) is 0. The highest BCUT2D eigenvalue weighted by Gasteiger charge is 2.15. The van der Waals surface area contributed by atoms with Gasteiger partial charge >= 0.3 is 0 Å². The van der Waals surface area contributed by atoms with E-state index < -0.39 is 0 Å². The van der Waals surface area contributed by atoms with E-state index in [2.05, 4.69) is 20.9 Å². The number of aryl methyl sites for hydroxylation is 1. The van der Waals surface area contributed by atoms with Crippen LogP contribution in [0.1, 0.15) is 11.1 Å². The fourth-order valence-corrected chi connectivity index (χ4v) is 2.93. The maximum atomic E-state index is 6.20. The number of benzene rings is 2. The summed E-state index contributed by atoms with van der Waals surface area (Å²) in [5.41, 5.74) is 10.9. The van der Waals surface area contributed by atoms with Crippen LogP contribution >= 0.6 is 27.5 Å². The molecule has 0 saturated carbocycles. The van der Waals surface area contributed by atoms with Gasteiger partial charge < -0.3 is 10.2 Å². The smallest absolute Gasteiger partial charge is 0.228 e. The Morgan fingerprint density at radius 3 is 2.70 bits per heavy atom. The zero-order chi connectivity index (χ0) is 14.4. The molecular formula is C15H12BrClN2O. The van der Waals surface area contributed by atoms with Crippen LogP contribution in [0.4, 0.5) is 5.69 Å². The lowest BCUT2D eigenvalue weighted by molar-refractivity contribution is 0.617. The van der Waals surface area contributed by atoms with Crippen molar-refractivity contribution in [2.24, 2.45) is 0 Å². The lowest BCUT2D eigenvalue weighted by Crippen LogP contribution is -1.86. The fraction of sp³-hybridized carbons (Fsp3) is 0.133. The Morgan fingerprint density at radius 1 is 1.25 bits per heavy atom. The molecule has 0 fully saturated rings. The lowest BCUT2D eigenvalue weighted by atomic mass is 10.1. The van der Waals surface area contributed by atoms with Crippen molar-refractivity contribution in [1.29, 1.82) is 0 Å². The van der Waals surface area contributed by atoms with Crippen molar-refractivity contribution >= 4 is 44.3 Å². The third kappa shape index (κ3) is 2.09. The van der Waals surface area contributed by atoms with Crippen LogP contribution in [-0.2, 0) is 0 Å². The van der Waals surface area contributed by atoms with Crippen molar-refractivity contribution in [2.75, 3.05) is 5.73 Å². The molecule has 0 bridgehead atoms. The molecule has 3 rings (SSSR count). The Bertz CT molecular complexity index is 826. The van der Waals surface area contributed by atoms with Gasteiger partial charge in [-0.2, -0.15) is 0 Å². The molecule has 0 aliphatic carbocycles. The molecule has 20 heavy (non-hydrogen) atoms. The monoisotopic (exact) mass is 350 g/mol. The van der Waals surface area contributed by atoms with E-state index in [1.165, 1.54) is 0 Å². The van der Waals surface area contributed by atoms with Crippen LogP contribution in [0.25, 0.3) is 22.6 Å². The Labute approximate surface area is 129 Å². The quantitative estimate of drug-likeness (QED) is 0.620. The maximum Gasteiger partial charge on any atom is 0.228 e. The van der Waals surface area contributed by atoms with Crippen molar-refractivity contribution in [3.8, 4) is 11.5 Å². The average molecular weight is 352 g/mol. The first-order valence-electron chi connectivity index (χ1n) is 6.09. The van der Waals surface area contributed by atoms with E-state index >= 15 is 0 Å². The van der Waals surface area contributed by atoms with Gasteiger partial charge in [-0.3, -0.25) is 0 Å². The van der Waals surface area contributed by atoms with E-state index in [1.54, 1.807) is 12.1 Å². The SMILES string of the molecule is Cc1cc2nc(-c3ccc(N)cc3Cl)oc2c(Br)c1C. The summed E-state index contributed by atoms with van der Waals surface area (Å²) in [6, 6.07) is 7.29. The van der Waals surface area contributed by atoms with Crippen molar-refractivity contribution < 1.29 is 4.42 Å². The zero-order valence-electron chi connectivity index (χ0n) is 11.0. The van der Waals surface area contributed by atoms with Gasteiger partial charge in [-0.05, 0) is 65.2 Å². The second kappa shape index (κ2) is 4.79. The van der Waals surface area contributed by atoms with Crippen molar-refractivity contribution in [3.05, 3.63) is 44.9 Å². The molecule has 2 aromatic carbocycles. The average Bonchev–Trinajstić information content (AvgIpc) is 2.80. The molecule has 0 aliphatic rings. The number of rotatable bonds is 1. The number of nitrogens with zero attached hydrogens (tertiary/aromatic N) is 1. The van der Waals surface area contributed by atoms with Gasteiger partial charge in [-0.1, -0.05) is 11.6 Å². The molecule has 3 nitrogen and oxygen atoms in total. The number of anilines is 1. The van der Waals surface area contributed by atoms with Crippen LogP contribution in [0.3, 0.4) is 0 Å². The molecule has 0 saturated heterocycles. The maximum absolute atomic E-state index is 6.20. The van der Waals surface area contributed by atoms with Gasteiger partial charge in [0, 0.05) is 5.69 Å². The summed E-state index contributed by atoms with van der Waals surface area (Å²) >= 11 is 9.76. The van der Waals surface area contributed by atoms with Crippen LogP contribution < -0.4 is 5.73 Å². The molecule has 0 aliphatic heterocycles. The zero-order valence-corrected chi connectivity index (χ0v) is 13.3.